The van der Waals surface area contributed by atoms with Crippen LogP contribution in [-0.2, 0) is 6.54 Å². The lowest BCUT2D eigenvalue weighted by Crippen LogP contribution is -2.38. The van der Waals surface area contributed by atoms with E-state index >= 15 is 0 Å². The molecule has 0 atom stereocenters. The van der Waals surface area contributed by atoms with Gasteiger partial charge in [-0.3, -0.25) is 4.99 Å². The molecule has 0 fully saturated rings. The minimum atomic E-state index is 0.881. The van der Waals surface area contributed by atoms with Crippen LogP contribution < -0.4 is 5.32 Å². The van der Waals surface area contributed by atoms with Gasteiger partial charge in [0, 0.05) is 27.2 Å². The predicted molar refractivity (Wildman–Crippen MR) is 69.7 cm³/mol. The van der Waals surface area contributed by atoms with E-state index < -0.39 is 0 Å². The van der Waals surface area contributed by atoms with Gasteiger partial charge in [0.05, 0.1) is 0 Å². The topological polar surface area (TPSA) is 27.6 Å². The normalized spacial score (nSPS) is 11.4. The number of nitrogens with one attached hydrogen (secondary N) is 1. The molecular formula is C13H21N3. The summed E-state index contributed by atoms with van der Waals surface area (Å²) in [6, 6.07) is 8.44. The molecule has 0 saturated heterocycles. The summed E-state index contributed by atoms with van der Waals surface area (Å²) in [5.74, 6) is 0.936. The Labute approximate surface area is 98.2 Å². The van der Waals surface area contributed by atoms with Crippen LogP contribution in [0.4, 0.5) is 0 Å². The third-order valence-corrected chi connectivity index (χ3v) is 2.58. The SMILES string of the molecule is CCNC(=NC)N(C)Cc1ccccc1C. The summed E-state index contributed by atoms with van der Waals surface area (Å²) in [7, 11) is 3.86. The Kier molecular flexibility index (Phi) is 4.83. The van der Waals surface area contributed by atoms with Crippen molar-refractivity contribution in [3.63, 3.8) is 0 Å². The first-order chi connectivity index (χ1) is 7.69. The Hall–Kier alpha value is -1.51. The number of benzene rings is 1. The van der Waals surface area contributed by atoms with E-state index in [2.05, 4.69) is 60.4 Å². The van der Waals surface area contributed by atoms with E-state index in [1.165, 1.54) is 11.1 Å². The average Bonchev–Trinajstić information content (AvgIpc) is 2.29. The van der Waals surface area contributed by atoms with Gasteiger partial charge in [-0.25, -0.2) is 0 Å². The van der Waals surface area contributed by atoms with Crippen molar-refractivity contribution < 1.29 is 0 Å². The standard InChI is InChI=1S/C13H21N3/c1-5-15-13(14-3)16(4)10-12-9-7-6-8-11(12)2/h6-9H,5,10H2,1-4H3,(H,14,15). The molecule has 16 heavy (non-hydrogen) atoms. The van der Waals surface area contributed by atoms with Gasteiger partial charge in [0.25, 0.3) is 0 Å². The predicted octanol–water partition coefficient (Wildman–Crippen LogP) is 2.02. The number of aryl methyl sites for hydroxylation is 1. The van der Waals surface area contributed by atoms with Gasteiger partial charge in [-0.2, -0.15) is 0 Å². The second-order valence-electron chi connectivity index (χ2n) is 3.86. The average molecular weight is 219 g/mol. The van der Waals surface area contributed by atoms with Crippen LogP contribution in [0.3, 0.4) is 0 Å². The fourth-order valence-electron chi connectivity index (χ4n) is 1.66. The molecule has 3 heteroatoms. The van der Waals surface area contributed by atoms with Crippen LogP contribution in [0.25, 0.3) is 0 Å². The number of hydrogen-bond acceptors (Lipinski definition) is 1. The molecule has 0 spiro atoms. The van der Waals surface area contributed by atoms with Crippen LogP contribution >= 0.6 is 0 Å². The van der Waals surface area contributed by atoms with Crippen molar-refractivity contribution in [2.75, 3.05) is 20.6 Å². The largest absolute Gasteiger partial charge is 0.357 e. The molecule has 0 aliphatic heterocycles. The Bertz CT molecular complexity index is 358. The molecule has 3 nitrogen and oxygen atoms in total. The fraction of sp³-hybridized carbons (Fsp3) is 0.462. The van der Waals surface area contributed by atoms with Gasteiger partial charge < -0.3 is 10.2 Å². The highest BCUT2D eigenvalue weighted by atomic mass is 15.3. The number of aliphatic imine (C=N–C) groups is 1. The Morgan fingerprint density at radius 2 is 2.06 bits per heavy atom. The molecule has 0 aliphatic rings. The lowest BCUT2D eigenvalue weighted by molar-refractivity contribution is 0.477. The van der Waals surface area contributed by atoms with Gasteiger partial charge >= 0.3 is 0 Å². The molecule has 1 N–H and O–H groups in total. The van der Waals surface area contributed by atoms with Crippen LogP contribution in [-0.4, -0.2) is 31.5 Å². The fourth-order valence-corrected chi connectivity index (χ4v) is 1.66. The zero-order chi connectivity index (χ0) is 12.0. The van der Waals surface area contributed by atoms with Crippen molar-refractivity contribution in [3.8, 4) is 0 Å². The van der Waals surface area contributed by atoms with Gasteiger partial charge in [0.2, 0.25) is 0 Å². The summed E-state index contributed by atoms with van der Waals surface area (Å²) in [5.41, 5.74) is 2.66. The maximum atomic E-state index is 4.23. The Morgan fingerprint density at radius 3 is 2.62 bits per heavy atom. The van der Waals surface area contributed by atoms with Crippen LogP contribution in [0.1, 0.15) is 18.1 Å². The summed E-state index contributed by atoms with van der Waals surface area (Å²) in [4.78, 5) is 6.37. The van der Waals surface area contributed by atoms with E-state index in [1.807, 2.05) is 7.05 Å². The smallest absolute Gasteiger partial charge is 0.193 e. The summed E-state index contributed by atoms with van der Waals surface area (Å²) in [6.07, 6.45) is 0. The second kappa shape index (κ2) is 6.16. The maximum Gasteiger partial charge on any atom is 0.193 e. The van der Waals surface area contributed by atoms with Gasteiger partial charge in [-0.1, -0.05) is 24.3 Å². The molecule has 0 bridgehead atoms. The summed E-state index contributed by atoms with van der Waals surface area (Å²) in [5, 5.41) is 3.25. The summed E-state index contributed by atoms with van der Waals surface area (Å²) < 4.78 is 0. The van der Waals surface area contributed by atoms with E-state index in [4.69, 9.17) is 0 Å². The summed E-state index contributed by atoms with van der Waals surface area (Å²) >= 11 is 0. The quantitative estimate of drug-likeness (QED) is 0.622. The first-order valence-electron chi connectivity index (χ1n) is 5.65. The van der Waals surface area contributed by atoms with Crippen molar-refractivity contribution in [1.29, 1.82) is 0 Å². The van der Waals surface area contributed by atoms with Crippen LogP contribution in [0, 0.1) is 6.92 Å². The number of guanidine groups is 1. The number of hydrogen-bond donors (Lipinski definition) is 1. The minimum absolute atomic E-state index is 0.881. The monoisotopic (exact) mass is 219 g/mol. The number of rotatable bonds is 3. The highest BCUT2D eigenvalue weighted by molar-refractivity contribution is 5.79. The Morgan fingerprint density at radius 1 is 1.38 bits per heavy atom. The highest BCUT2D eigenvalue weighted by Crippen LogP contribution is 2.09. The van der Waals surface area contributed by atoms with E-state index in [0.29, 0.717) is 0 Å². The molecule has 1 aromatic carbocycles. The lowest BCUT2D eigenvalue weighted by Gasteiger charge is -2.22. The van der Waals surface area contributed by atoms with E-state index in [9.17, 15) is 0 Å². The van der Waals surface area contributed by atoms with Crippen molar-refractivity contribution in [2.24, 2.45) is 4.99 Å². The molecular weight excluding hydrogens is 198 g/mol. The molecule has 0 heterocycles. The third-order valence-electron chi connectivity index (χ3n) is 2.58. The molecule has 0 aromatic heterocycles. The van der Waals surface area contributed by atoms with Crippen molar-refractivity contribution in [1.82, 2.24) is 10.2 Å². The third kappa shape index (κ3) is 3.26. The van der Waals surface area contributed by atoms with Crippen molar-refractivity contribution in [3.05, 3.63) is 35.4 Å². The lowest BCUT2D eigenvalue weighted by atomic mass is 10.1. The van der Waals surface area contributed by atoms with Gasteiger partial charge in [0.1, 0.15) is 0 Å². The zero-order valence-corrected chi connectivity index (χ0v) is 10.6. The van der Waals surface area contributed by atoms with E-state index in [1.54, 1.807) is 0 Å². The maximum absolute atomic E-state index is 4.23. The Balaban J connectivity index is 2.70. The highest BCUT2D eigenvalue weighted by Gasteiger charge is 2.06. The second-order valence-corrected chi connectivity index (χ2v) is 3.86. The number of nitrogens with zero attached hydrogens (tertiary/aromatic N) is 2. The van der Waals surface area contributed by atoms with Gasteiger partial charge in [-0.15, -0.1) is 0 Å². The molecule has 0 unspecified atom stereocenters. The molecule has 0 aliphatic carbocycles. The van der Waals surface area contributed by atoms with E-state index in [0.717, 1.165) is 19.0 Å². The van der Waals surface area contributed by atoms with Crippen LogP contribution in [0.15, 0.2) is 29.3 Å². The molecule has 1 aromatic rings. The first kappa shape index (κ1) is 12.6. The van der Waals surface area contributed by atoms with Crippen molar-refractivity contribution in [2.45, 2.75) is 20.4 Å². The molecule has 0 radical (unpaired) electrons. The van der Waals surface area contributed by atoms with E-state index in [-0.39, 0.29) is 0 Å². The van der Waals surface area contributed by atoms with Crippen LogP contribution in [0.2, 0.25) is 0 Å². The molecule has 0 amide bonds. The van der Waals surface area contributed by atoms with Gasteiger partial charge in [0.15, 0.2) is 5.96 Å². The van der Waals surface area contributed by atoms with Gasteiger partial charge in [-0.05, 0) is 25.0 Å². The summed E-state index contributed by atoms with van der Waals surface area (Å²) in [6.45, 7) is 5.99. The van der Waals surface area contributed by atoms with Crippen LogP contribution in [0.5, 0.6) is 0 Å². The molecule has 88 valence electrons. The molecule has 1 rings (SSSR count). The minimum Gasteiger partial charge on any atom is -0.357 e. The first-order valence-corrected chi connectivity index (χ1v) is 5.65. The molecule has 0 saturated carbocycles. The zero-order valence-electron chi connectivity index (χ0n) is 10.6. The van der Waals surface area contributed by atoms with Crippen molar-refractivity contribution >= 4 is 5.96 Å².